The van der Waals surface area contributed by atoms with E-state index in [0.717, 1.165) is 29.8 Å². The molecule has 0 aromatic heterocycles. The molecule has 0 saturated heterocycles. The summed E-state index contributed by atoms with van der Waals surface area (Å²) in [5, 5.41) is 2.52. The number of likely N-dealkylation sites (N-methyl/N-ethyl adjacent to an activating group) is 1. The van der Waals surface area contributed by atoms with Crippen LogP contribution in [0.2, 0.25) is 0 Å². The summed E-state index contributed by atoms with van der Waals surface area (Å²) in [5.74, 6) is -1.19. The van der Waals surface area contributed by atoms with Crippen molar-refractivity contribution in [1.29, 1.82) is 0 Å². The SMILES string of the molecule is CNC(=O)c1ccc(CN(C)C(=O)[C@H](C)NS(=O)(=O)c2ccc(F)cc2)cc1. The van der Waals surface area contributed by atoms with Gasteiger partial charge in [0.25, 0.3) is 5.91 Å². The van der Waals surface area contributed by atoms with Crippen LogP contribution < -0.4 is 10.0 Å². The van der Waals surface area contributed by atoms with E-state index in [4.69, 9.17) is 0 Å². The van der Waals surface area contributed by atoms with Gasteiger partial charge in [0.1, 0.15) is 5.82 Å². The lowest BCUT2D eigenvalue weighted by atomic mass is 10.1. The van der Waals surface area contributed by atoms with Gasteiger partial charge in [-0.2, -0.15) is 4.72 Å². The van der Waals surface area contributed by atoms with Gasteiger partial charge in [0, 0.05) is 26.2 Å². The predicted molar refractivity (Wildman–Crippen MR) is 102 cm³/mol. The minimum atomic E-state index is -3.95. The third kappa shape index (κ3) is 5.37. The zero-order valence-corrected chi connectivity index (χ0v) is 16.6. The predicted octanol–water partition coefficient (Wildman–Crippen LogP) is 1.51. The molecule has 2 N–H and O–H groups in total. The number of carbonyl (C=O) groups excluding carboxylic acids is 2. The van der Waals surface area contributed by atoms with Crippen LogP contribution in [-0.4, -0.2) is 45.3 Å². The summed E-state index contributed by atoms with van der Waals surface area (Å²) in [5.41, 5.74) is 1.29. The first-order valence-electron chi connectivity index (χ1n) is 8.48. The summed E-state index contributed by atoms with van der Waals surface area (Å²) in [7, 11) is -0.862. The van der Waals surface area contributed by atoms with E-state index in [9.17, 15) is 22.4 Å². The molecule has 0 bridgehead atoms. The summed E-state index contributed by atoms with van der Waals surface area (Å²) < 4.78 is 39.9. The van der Waals surface area contributed by atoms with Gasteiger partial charge in [-0.3, -0.25) is 9.59 Å². The number of nitrogens with zero attached hydrogens (tertiary/aromatic N) is 1. The number of halogens is 1. The standard InChI is InChI=1S/C19H22FN3O4S/c1-13(22-28(26,27)17-10-8-16(20)9-11-17)19(25)23(3)12-14-4-6-15(7-5-14)18(24)21-2/h4-11,13,22H,12H2,1-3H3,(H,21,24)/t13-/m0/s1. The fraction of sp³-hybridized carbons (Fsp3) is 0.263. The lowest BCUT2D eigenvalue weighted by molar-refractivity contribution is -0.131. The number of nitrogens with one attached hydrogen (secondary N) is 2. The maximum Gasteiger partial charge on any atom is 0.251 e. The van der Waals surface area contributed by atoms with Crippen LogP contribution in [0.4, 0.5) is 4.39 Å². The van der Waals surface area contributed by atoms with Crippen molar-refractivity contribution in [2.75, 3.05) is 14.1 Å². The van der Waals surface area contributed by atoms with Crippen LogP contribution in [0.5, 0.6) is 0 Å². The molecule has 0 fully saturated rings. The van der Waals surface area contributed by atoms with Gasteiger partial charge in [0.2, 0.25) is 15.9 Å². The van der Waals surface area contributed by atoms with Crippen molar-refractivity contribution in [2.24, 2.45) is 0 Å². The molecule has 0 saturated carbocycles. The first kappa shape index (κ1) is 21.5. The van der Waals surface area contributed by atoms with Crippen molar-refractivity contribution in [2.45, 2.75) is 24.4 Å². The molecule has 0 aliphatic heterocycles. The number of benzene rings is 2. The molecule has 0 aliphatic carbocycles. The fourth-order valence-corrected chi connectivity index (χ4v) is 3.75. The zero-order valence-electron chi connectivity index (χ0n) is 15.8. The molecule has 0 aliphatic rings. The summed E-state index contributed by atoms with van der Waals surface area (Å²) in [4.78, 5) is 25.3. The number of amides is 2. The van der Waals surface area contributed by atoms with E-state index >= 15 is 0 Å². The van der Waals surface area contributed by atoms with E-state index < -0.39 is 27.8 Å². The minimum Gasteiger partial charge on any atom is -0.355 e. The molecule has 2 rings (SSSR count). The van der Waals surface area contributed by atoms with Crippen molar-refractivity contribution in [1.82, 2.24) is 14.9 Å². The van der Waals surface area contributed by atoms with Crippen molar-refractivity contribution in [3.05, 3.63) is 65.5 Å². The average Bonchev–Trinajstić information content (AvgIpc) is 2.67. The van der Waals surface area contributed by atoms with Gasteiger partial charge < -0.3 is 10.2 Å². The summed E-state index contributed by atoms with van der Waals surface area (Å²) >= 11 is 0. The Kier molecular flexibility index (Phi) is 6.87. The lowest BCUT2D eigenvalue weighted by Crippen LogP contribution is -2.45. The first-order valence-corrected chi connectivity index (χ1v) is 9.96. The molecule has 2 amide bonds. The van der Waals surface area contributed by atoms with Crippen LogP contribution in [0.25, 0.3) is 0 Å². The normalized spacial score (nSPS) is 12.3. The van der Waals surface area contributed by atoms with Crippen molar-refractivity contribution in [3.63, 3.8) is 0 Å². The number of sulfonamides is 1. The Morgan fingerprint density at radius 2 is 1.64 bits per heavy atom. The lowest BCUT2D eigenvalue weighted by Gasteiger charge is -2.22. The highest BCUT2D eigenvalue weighted by atomic mass is 32.2. The van der Waals surface area contributed by atoms with Gasteiger partial charge in [-0.25, -0.2) is 12.8 Å². The molecule has 2 aromatic rings. The molecule has 9 heteroatoms. The van der Waals surface area contributed by atoms with E-state index in [1.807, 2.05) is 0 Å². The topological polar surface area (TPSA) is 95.6 Å². The smallest absolute Gasteiger partial charge is 0.251 e. The van der Waals surface area contributed by atoms with E-state index in [-0.39, 0.29) is 17.3 Å². The van der Waals surface area contributed by atoms with Crippen LogP contribution in [0, 0.1) is 5.82 Å². The van der Waals surface area contributed by atoms with Crippen molar-refractivity contribution in [3.8, 4) is 0 Å². The third-order valence-corrected chi connectivity index (χ3v) is 5.62. The second-order valence-corrected chi connectivity index (χ2v) is 7.98. The van der Waals surface area contributed by atoms with Gasteiger partial charge in [-0.1, -0.05) is 12.1 Å². The number of carbonyl (C=O) groups is 2. The summed E-state index contributed by atoms with van der Waals surface area (Å²) in [6.45, 7) is 1.68. The van der Waals surface area contributed by atoms with Gasteiger partial charge in [-0.05, 0) is 48.9 Å². The van der Waals surface area contributed by atoms with Gasteiger partial charge in [0.05, 0.1) is 10.9 Å². The quantitative estimate of drug-likeness (QED) is 0.727. The highest BCUT2D eigenvalue weighted by molar-refractivity contribution is 7.89. The zero-order chi connectivity index (χ0) is 20.9. The molecular formula is C19H22FN3O4S. The maximum atomic E-state index is 13.0. The Morgan fingerprint density at radius 1 is 1.07 bits per heavy atom. The van der Waals surface area contributed by atoms with E-state index in [2.05, 4.69) is 10.0 Å². The number of hydrogen-bond donors (Lipinski definition) is 2. The number of rotatable bonds is 7. The highest BCUT2D eigenvalue weighted by Gasteiger charge is 2.24. The Hall–Kier alpha value is -2.78. The Labute approximate surface area is 163 Å². The second kappa shape index (κ2) is 8.94. The molecule has 150 valence electrons. The van der Waals surface area contributed by atoms with E-state index in [1.165, 1.54) is 18.9 Å². The Morgan fingerprint density at radius 3 is 2.18 bits per heavy atom. The van der Waals surface area contributed by atoms with Crippen LogP contribution >= 0.6 is 0 Å². The highest BCUT2D eigenvalue weighted by Crippen LogP contribution is 2.12. The van der Waals surface area contributed by atoms with E-state index in [0.29, 0.717) is 5.56 Å². The fourth-order valence-electron chi connectivity index (χ4n) is 2.55. The molecule has 2 aromatic carbocycles. The molecule has 1 atom stereocenters. The molecule has 0 heterocycles. The summed E-state index contributed by atoms with van der Waals surface area (Å²) in [6, 6.07) is 10.1. The van der Waals surface area contributed by atoms with Crippen LogP contribution in [0.3, 0.4) is 0 Å². The first-order chi connectivity index (χ1) is 13.1. The molecule has 0 radical (unpaired) electrons. The van der Waals surface area contributed by atoms with Crippen molar-refractivity contribution < 1.29 is 22.4 Å². The van der Waals surface area contributed by atoms with Crippen LogP contribution in [0.15, 0.2) is 53.4 Å². The Bertz CT molecular complexity index is 944. The van der Waals surface area contributed by atoms with Gasteiger partial charge in [-0.15, -0.1) is 0 Å². The van der Waals surface area contributed by atoms with Crippen molar-refractivity contribution >= 4 is 21.8 Å². The monoisotopic (exact) mass is 407 g/mol. The third-order valence-electron chi connectivity index (χ3n) is 4.07. The molecular weight excluding hydrogens is 385 g/mol. The minimum absolute atomic E-state index is 0.124. The van der Waals surface area contributed by atoms with Gasteiger partial charge >= 0.3 is 0 Å². The van der Waals surface area contributed by atoms with Gasteiger partial charge in [0.15, 0.2) is 0 Å². The summed E-state index contributed by atoms with van der Waals surface area (Å²) in [6.07, 6.45) is 0. The molecule has 0 spiro atoms. The Balaban J connectivity index is 2.01. The van der Waals surface area contributed by atoms with Crippen LogP contribution in [-0.2, 0) is 21.4 Å². The second-order valence-electron chi connectivity index (χ2n) is 6.27. The van der Waals surface area contributed by atoms with Crippen LogP contribution in [0.1, 0.15) is 22.8 Å². The van der Waals surface area contributed by atoms with E-state index in [1.54, 1.807) is 31.3 Å². The molecule has 0 unspecified atom stereocenters. The number of hydrogen-bond acceptors (Lipinski definition) is 4. The maximum absolute atomic E-state index is 13.0. The molecule has 7 nitrogen and oxygen atoms in total. The average molecular weight is 407 g/mol. The molecule has 28 heavy (non-hydrogen) atoms. The largest absolute Gasteiger partial charge is 0.355 e.